The van der Waals surface area contributed by atoms with Crippen LogP contribution in [0.5, 0.6) is 0 Å². The Morgan fingerprint density at radius 1 is 1.37 bits per heavy atom. The van der Waals surface area contributed by atoms with Gasteiger partial charge in [0.15, 0.2) is 0 Å². The first-order valence-corrected chi connectivity index (χ1v) is 7.29. The Hall–Kier alpha value is -1.35. The van der Waals surface area contributed by atoms with Crippen molar-refractivity contribution in [1.29, 1.82) is 0 Å². The molecule has 1 unspecified atom stereocenters. The van der Waals surface area contributed by atoms with Gasteiger partial charge in [-0.05, 0) is 29.9 Å². The van der Waals surface area contributed by atoms with Gasteiger partial charge in [0.05, 0.1) is 6.42 Å². The molecule has 1 aliphatic rings. The minimum Gasteiger partial charge on any atom is -0.342 e. The van der Waals surface area contributed by atoms with Gasteiger partial charge in [0.1, 0.15) is 0 Å². The first kappa shape index (κ1) is 14.1. The highest BCUT2D eigenvalue weighted by Crippen LogP contribution is 2.20. The van der Waals surface area contributed by atoms with Crippen LogP contribution in [-0.2, 0) is 17.8 Å². The van der Waals surface area contributed by atoms with Crippen LogP contribution in [0.15, 0.2) is 24.3 Å². The van der Waals surface area contributed by atoms with Crippen molar-refractivity contribution in [3.8, 4) is 0 Å². The van der Waals surface area contributed by atoms with Gasteiger partial charge < -0.3 is 10.6 Å². The van der Waals surface area contributed by atoms with Gasteiger partial charge in [-0.15, -0.1) is 0 Å². The third-order valence-corrected chi connectivity index (χ3v) is 4.13. The molecular weight excluding hydrogens is 236 g/mol. The number of carbonyl (C=O) groups is 1. The second kappa shape index (κ2) is 6.71. The predicted octanol–water partition coefficient (Wildman–Crippen LogP) is 2.34. The summed E-state index contributed by atoms with van der Waals surface area (Å²) < 4.78 is 0. The van der Waals surface area contributed by atoms with Gasteiger partial charge in [0.25, 0.3) is 0 Å². The highest BCUT2D eigenvalue weighted by atomic mass is 16.2. The van der Waals surface area contributed by atoms with Gasteiger partial charge in [0, 0.05) is 19.6 Å². The van der Waals surface area contributed by atoms with Crippen molar-refractivity contribution < 1.29 is 4.79 Å². The summed E-state index contributed by atoms with van der Waals surface area (Å²) in [4.78, 5) is 14.4. The fourth-order valence-electron chi connectivity index (χ4n) is 2.83. The third kappa shape index (κ3) is 3.57. The zero-order valence-corrected chi connectivity index (χ0v) is 11.8. The highest BCUT2D eigenvalue weighted by Gasteiger charge is 2.22. The number of carbonyl (C=O) groups excluding carboxylic acids is 1. The molecular formula is C16H24N2O. The summed E-state index contributed by atoms with van der Waals surface area (Å²) in [6.45, 7) is 4.56. The molecule has 2 rings (SSSR count). The molecule has 104 valence electrons. The van der Waals surface area contributed by atoms with Crippen molar-refractivity contribution in [3.63, 3.8) is 0 Å². The zero-order chi connectivity index (χ0) is 13.7. The van der Waals surface area contributed by atoms with Gasteiger partial charge in [-0.1, -0.05) is 37.6 Å². The summed E-state index contributed by atoms with van der Waals surface area (Å²) in [5.41, 5.74) is 7.88. The molecule has 3 nitrogen and oxygen atoms in total. The van der Waals surface area contributed by atoms with E-state index >= 15 is 0 Å². The lowest BCUT2D eigenvalue weighted by Crippen LogP contribution is -2.40. The maximum Gasteiger partial charge on any atom is 0.227 e. The van der Waals surface area contributed by atoms with Gasteiger partial charge in [-0.2, -0.15) is 0 Å². The largest absolute Gasteiger partial charge is 0.342 e. The molecule has 0 radical (unpaired) electrons. The molecule has 1 aromatic rings. The van der Waals surface area contributed by atoms with E-state index in [1.54, 1.807) is 0 Å². The van der Waals surface area contributed by atoms with Gasteiger partial charge in [-0.25, -0.2) is 0 Å². The van der Waals surface area contributed by atoms with E-state index in [9.17, 15) is 4.79 Å². The SMILES string of the molecule is CCC1CCCN(C(=O)Cc2ccccc2CN)C1. The molecule has 0 aromatic heterocycles. The van der Waals surface area contributed by atoms with E-state index in [-0.39, 0.29) is 5.91 Å². The molecule has 1 aliphatic heterocycles. The van der Waals surface area contributed by atoms with E-state index in [0.29, 0.717) is 18.9 Å². The van der Waals surface area contributed by atoms with Crippen LogP contribution >= 0.6 is 0 Å². The molecule has 19 heavy (non-hydrogen) atoms. The fraction of sp³-hybridized carbons (Fsp3) is 0.562. The summed E-state index contributed by atoms with van der Waals surface area (Å²) in [5.74, 6) is 0.932. The zero-order valence-electron chi connectivity index (χ0n) is 11.8. The summed E-state index contributed by atoms with van der Waals surface area (Å²) in [6.07, 6.45) is 4.06. The van der Waals surface area contributed by atoms with Crippen LogP contribution in [0.3, 0.4) is 0 Å². The minimum absolute atomic E-state index is 0.249. The molecule has 2 N–H and O–H groups in total. The number of amides is 1. The van der Waals surface area contributed by atoms with E-state index in [1.165, 1.54) is 12.8 Å². The molecule has 1 saturated heterocycles. The van der Waals surface area contributed by atoms with Gasteiger partial charge >= 0.3 is 0 Å². The fourth-order valence-corrected chi connectivity index (χ4v) is 2.83. The smallest absolute Gasteiger partial charge is 0.227 e. The van der Waals surface area contributed by atoms with Crippen LogP contribution in [0.4, 0.5) is 0 Å². The van der Waals surface area contributed by atoms with Crippen LogP contribution in [0.1, 0.15) is 37.3 Å². The average Bonchev–Trinajstić information content (AvgIpc) is 2.47. The molecule has 1 atom stereocenters. The Balaban J connectivity index is 2.00. The van der Waals surface area contributed by atoms with Crippen molar-refractivity contribution in [2.45, 2.75) is 39.2 Å². The Labute approximate surface area is 115 Å². The quantitative estimate of drug-likeness (QED) is 0.903. The molecule has 1 fully saturated rings. The molecule has 1 heterocycles. The standard InChI is InChI=1S/C16H24N2O/c1-2-13-6-5-9-18(12-13)16(19)10-14-7-3-4-8-15(14)11-17/h3-4,7-8,13H,2,5-6,9-12,17H2,1H3. The van der Waals surface area contributed by atoms with Crippen LogP contribution in [0.2, 0.25) is 0 Å². The number of nitrogens with zero attached hydrogens (tertiary/aromatic N) is 1. The molecule has 3 heteroatoms. The Morgan fingerprint density at radius 3 is 2.79 bits per heavy atom. The monoisotopic (exact) mass is 260 g/mol. The maximum absolute atomic E-state index is 12.4. The van der Waals surface area contributed by atoms with E-state index in [0.717, 1.165) is 30.6 Å². The second-order valence-corrected chi connectivity index (χ2v) is 5.41. The number of hydrogen-bond acceptors (Lipinski definition) is 2. The van der Waals surface area contributed by atoms with Gasteiger partial charge in [0.2, 0.25) is 5.91 Å². The summed E-state index contributed by atoms with van der Waals surface area (Å²) in [5, 5.41) is 0. The maximum atomic E-state index is 12.4. The number of rotatable bonds is 4. The van der Waals surface area contributed by atoms with E-state index < -0.39 is 0 Å². The first-order chi connectivity index (χ1) is 9.24. The molecule has 0 spiro atoms. The third-order valence-electron chi connectivity index (χ3n) is 4.13. The van der Waals surface area contributed by atoms with Crippen molar-refractivity contribution in [1.82, 2.24) is 4.90 Å². The predicted molar refractivity (Wildman–Crippen MR) is 77.6 cm³/mol. The molecule has 0 bridgehead atoms. The van der Waals surface area contributed by atoms with E-state index in [1.807, 2.05) is 29.2 Å². The van der Waals surface area contributed by atoms with E-state index in [4.69, 9.17) is 5.73 Å². The van der Waals surface area contributed by atoms with Gasteiger partial charge in [-0.3, -0.25) is 4.79 Å². The second-order valence-electron chi connectivity index (χ2n) is 5.41. The Bertz CT molecular complexity index is 431. The minimum atomic E-state index is 0.249. The molecule has 1 aromatic carbocycles. The Morgan fingerprint density at radius 2 is 2.11 bits per heavy atom. The Kier molecular flexibility index (Phi) is 4.97. The number of likely N-dealkylation sites (tertiary alicyclic amines) is 1. The highest BCUT2D eigenvalue weighted by molar-refractivity contribution is 5.79. The lowest BCUT2D eigenvalue weighted by molar-refractivity contribution is -0.132. The summed E-state index contributed by atoms with van der Waals surface area (Å²) in [7, 11) is 0. The lowest BCUT2D eigenvalue weighted by Gasteiger charge is -2.32. The van der Waals surface area contributed by atoms with E-state index in [2.05, 4.69) is 6.92 Å². The summed E-state index contributed by atoms with van der Waals surface area (Å²) >= 11 is 0. The number of benzene rings is 1. The molecule has 0 saturated carbocycles. The summed E-state index contributed by atoms with van der Waals surface area (Å²) in [6, 6.07) is 7.98. The van der Waals surface area contributed by atoms with Crippen LogP contribution in [0.25, 0.3) is 0 Å². The molecule has 0 aliphatic carbocycles. The number of nitrogens with two attached hydrogens (primary N) is 1. The molecule has 1 amide bonds. The lowest BCUT2D eigenvalue weighted by atomic mass is 9.95. The van der Waals surface area contributed by atoms with Crippen LogP contribution in [0, 0.1) is 5.92 Å². The number of hydrogen-bond donors (Lipinski definition) is 1. The van der Waals surface area contributed by atoms with Crippen LogP contribution in [-0.4, -0.2) is 23.9 Å². The normalized spacial score (nSPS) is 19.5. The van der Waals surface area contributed by atoms with Crippen molar-refractivity contribution in [2.75, 3.05) is 13.1 Å². The average molecular weight is 260 g/mol. The van der Waals surface area contributed by atoms with Crippen molar-refractivity contribution >= 4 is 5.91 Å². The topological polar surface area (TPSA) is 46.3 Å². The number of piperidine rings is 1. The van der Waals surface area contributed by atoms with Crippen LogP contribution < -0.4 is 5.73 Å². The van der Waals surface area contributed by atoms with Crippen molar-refractivity contribution in [2.24, 2.45) is 11.7 Å². The first-order valence-electron chi connectivity index (χ1n) is 7.29. The van der Waals surface area contributed by atoms with Crippen molar-refractivity contribution in [3.05, 3.63) is 35.4 Å².